The van der Waals surface area contributed by atoms with Gasteiger partial charge in [0.25, 0.3) is 0 Å². The fraction of sp³-hybridized carbons (Fsp3) is 0.200. The van der Waals surface area contributed by atoms with Gasteiger partial charge in [0.15, 0.2) is 0 Å². The average Bonchev–Trinajstić information content (AvgIpc) is 2.38. The Bertz CT molecular complexity index is 521. The minimum Gasteiger partial charge on any atom is -0.497 e. The molecule has 0 fully saturated rings. The number of hydrogen-bond acceptors (Lipinski definition) is 2. The predicted molar refractivity (Wildman–Crippen MR) is 76.2 cm³/mol. The average molecular weight is 307 g/mol. The van der Waals surface area contributed by atoms with Crippen molar-refractivity contribution in [3.63, 3.8) is 0 Å². The Hall–Kier alpha value is -1.48. The van der Waals surface area contributed by atoms with Crippen LogP contribution in [0.3, 0.4) is 0 Å². The first kappa shape index (κ1) is 13.0. The summed E-state index contributed by atoms with van der Waals surface area (Å²) in [5, 5.41) is 0. The summed E-state index contributed by atoms with van der Waals surface area (Å²) in [5.41, 5.74) is 2.25. The topological polar surface area (TPSA) is 18.5 Å². The maximum Gasteiger partial charge on any atom is 0.122 e. The van der Waals surface area contributed by atoms with Crippen LogP contribution in [0.15, 0.2) is 46.9 Å². The third-order valence-electron chi connectivity index (χ3n) is 2.69. The van der Waals surface area contributed by atoms with Crippen LogP contribution >= 0.6 is 15.9 Å². The van der Waals surface area contributed by atoms with Gasteiger partial charge in [-0.05, 0) is 48.4 Å². The molecule has 18 heavy (non-hydrogen) atoms. The van der Waals surface area contributed by atoms with E-state index in [1.807, 2.05) is 49.4 Å². The summed E-state index contributed by atoms with van der Waals surface area (Å²) in [6.45, 7) is 2.60. The van der Waals surface area contributed by atoms with Crippen LogP contribution in [-0.2, 0) is 6.61 Å². The van der Waals surface area contributed by atoms with Crippen LogP contribution in [0.5, 0.6) is 11.5 Å². The lowest BCUT2D eigenvalue weighted by atomic mass is 10.2. The molecule has 0 aliphatic carbocycles. The molecule has 0 unspecified atom stereocenters. The molecule has 0 amide bonds. The van der Waals surface area contributed by atoms with Gasteiger partial charge >= 0.3 is 0 Å². The summed E-state index contributed by atoms with van der Waals surface area (Å²) in [6.07, 6.45) is 0. The summed E-state index contributed by atoms with van der Waals surface area (Å²) in [7, 11) is 1.66. The standard InChI is InChI=1S/C15H15BrO2/c1-11-9-13(16)5-8-15(11)18-10-12-3-6-14(17-2)7-4-12/h3-9H,10H2,1-2H3. The fourth-order valence-electron chi connectivity index (χ4n) is 1.66. The van der Waals surface area contributed by atoms with Crippen molar-refractivity contribution in [3.05, 3.63) is 58.1 Å². The number of halogens is 1. The number of ether oxygens (including phenoxy) is 2. The molecule has 0 atom stereocenters. The first-order valence-electron chi connectivity index (χ1n) is 5.71. The minimum absolute atomic E-state index is 0.562. The molecule has 94 valence electrons. The maximum absolute atomic E-state index is 5.79. The third-order valence-corrected chi connectivity index (χ3v) is 3.18. The van der Waals surface area contributed by atoms with E-state index in [9.17, 15) is 0 Å². The first-order valence-corrected chi connectivity index (χ1v) is 6.50. The molecular formula is C15H15BrO2. The Morgan fingerprint density at radius 2 is 1.78 bits per heavy atom. The quantitative estimate of drug-likeness (QED) is 0.836. The second-order valence-electron chi connectivity index (χ2n) is 4.05. The van der Waals surface area contributed by atoms with Gasteiger partial charge in [-0.1, -0.05) is 28.1 Å². The Kier molecular flexibility index (Phi) is 4.26. The van der Waals surface area contributed by atoms with Gasteiger partial charge in [-0.3, -0.25) is 0 Å². The highest BCUT2D eigenvalue weighted by Crippen LogP contribution is 2.23. The van der Waals surface area contributed by atoms with E-state index < -0.39 is 0 Å². The number of hydrogen-bond donors (Lipinski definition) is 0. The largest absolute Gasteiger partial charge is 0.497 e. The van der Waals surface area contributed by atoms with E-state index >= 15 is 0 Å². The molecular weight excluding hydrogens is 292 g/mol. The lowest BCUT2D eigenvalue weighted by Crippen LogP contribution is -1.97. The SMILES string of the molecule is COc1ccc(COc2ccc(Br)cc2C)cc1. The van der Waals surface area contributed by atoms with Crippen LogP contribution in [-0.4, -0.2) is 7.11 Å². The lowest BCUT2D eigenvalue weighted by molar-refractivity contribution is 0.304. The van der Waals surface area contributed by atoms with Crippen molar-refractivity contribution in [2.75, 3.05) is 7.11 Å². The van der Waals surface area contributed by atoms with E-state index in [4.69, 9.17) is 9.47 Å². The molecule has 2 aromatic carbocycles. The van der Waals surface area contributed by atoms with Crippen LogP contribution in [0.1, 0.15) is 11.1 Å². The van der Waals surface area contributed by atoms with Crippen molar-refractivity contribution in [1.82, 2.24) is 0 Å². The zero-order chi connectivity index (χ0) is 13.0. The normalized spacial score (nSPS) is 10.2. The molecule has 0 heterocycles. The van der Waals surface area contributed by atoms with Crippen LogP contribution in [0, 0.1) is 6.92 Å². The maximum atomic E-state index is 5.79. The smallest absolute Gasteiger partial charge is 0.122 e. The lowest BCUT2D eigenvalue weighted by Gasteiger charge is -2.09. The van der Waals surface area contributed by atoms with Gasteiger partial charge in [0.05, 0.1) is 7.11 Å². The van der Waals surface area contributed by atoms with Gasteiger partial charge in [0.2, 0.25) is 0 Å². The summed E-state index contributed by atoms with van der Waals surface area (Å²) >= 11 is 3.44. The molecule has 2 nitrogen and oxygen atoms in total. The number of methoxy groups -OCH3 is 1. The second-order valence-corrected chi connectivity index (χ2v) is 4.96. The van der Waals surface area contributed by atoms with Crippen LogP contribution in [0.25, 0.3) is 0 Å². The monoisotopic (exact) mass is 306 g/mol. The van der Waals surface area contributed by atoms with E-state index in [2.05, 4.69) is 15.9 Å². The Balaban J connectivity index is 2.02. The van der Waals surface area contributed by atoms with Crippen molar-refractivity contribution in [1.29, 1.82) is 0 Å². The first-order chi connectivity index (χ1) is 8.69. The van der Waals surface area contributed by atoms with Crippen molar-refractivity contribution < 1.29 is 9.47 Å². The fourth-order valence-corrected chi connectivity index (χ4v) is 2.13. The second kappa shape index (κ2) is 5.91. The van der Waals surface area contributed by atoms with Gasteiger partial charge in [0, 0.05) is 4.47 Å². The van der Waals surface area contributed by atoms with E-state index in [1.165, 1.54) is 0 Å². The molecule has 0 saturated carbocycles. The highest BCUT2D eigenvalue weighted by Gasteiger charge is 2.01. The van der Waals surface area contributed by atoms with Gasteiger partial charge in [0.1, 0.15) is 18.1 Å². The van der Waals surface area contributed by atoms with Gasteiger partial charge in [-0.2, -0.15) is 0 Å². The van der Waals surface area contributed by atoms with Crippen LogP contribution < -0.4 is 9.47 Å². The van der Waals surface area contributed by atoms with Crippen molar-refractivity contribution in [2.24, 2.45) is 0 Å². The van der Waals surface area contributed by atoms with Crippen molar-refractivity contribution >= 4 is 15.9 Å². The Morgan fingerprint density at radius 1 is 1.06 bits per heavy atom. The van der Waals surface area contributed by atoms with E-state index in [1.54, 1.807) is 7.11 Å². The number of aryl methyl sites for hydroxylation is 1. The highest BCUT2D eigenvalue weighted by atomic mass is 79.9. The molecule has 0 bridgehead atoms. The molecule has 2 rings (SSSR count). The van der Waals surface area contributed by atoms with Crippen LogP contribution in [0.4, 0.5) is 0 Å². The number of rotatable bonds is 4. The third kappa shape index (κ3) is 3.26. The van der Waals surface area contributed by atoms with E-state index in [0.29, 0.717) is 6.61 Å². The van der Waals surface area contributed by atoms with E-state index in [0.717, 1.165) is 27.1 Å². The summed E-state index contributed by atoms with van der Waals surface area (Å²) in [5.74, 6) is 1.77. The molecule has 0 saturated heterocycles. The Labute approximate surface area is 116 Å². The summed E-state index contributed by atoms with van der Waals surface area (Å²) in [6, 6.07) is 13.9. The molecule has 0 aromatic heterocycles. The highest BCUT2D eigenvalue weighted by molar-refractivity contribution is 9.10. The summed E-state index contributed by atoms with van der Waals surface area (Å²) in [4.78, 5) is 0. The molecule has 0 N–H and O–H groups in total. The Morgan fingerprint density at radius 3 is 2.39 bits per heavy atom. The molecule has 0 spiro atoms. The zero-order valence-electron chi connectivity index (χ0n) is 10.4. The number of benzene rings is 2. The molecule has 2 aromatic rings. The van der Waals surface area contributed by atoms with E-state index in [-0.39, 0.29) is 0 Å². The zero-order valence-corrected chi connectivity index (χ0v) is 12.0. The molecule has 0 radical (unpaired) electrons. The predicted octanol–water partition coefficient (Wildman–Crippen LogP) is 4.35. The van der Waals surface area contributed by atoms with Crippen LogP contribution in [0.2, 0.25) is 0 Å². The molecule has 0 aliphatic heterocycles. The van der Waals surface area contributed by atoms with Gasteiger partial charge < -0.3 is 9.47 Å². The van der Waals surface area contributed by atoms with Gasteiger partial charge in [-0.15, -0.1) is 0 Å². The minimum atomic E-state index is 0.562. The van der Waals surface area contributed by atoms with Crippen molar-refractivity contribution in [3.8, 4) is 11.5 Å². The molecule has 3 heteroatoms. The summed E-state index contributed by atoms with van der Waals surface area (Å²) < 4.78 is 12.0. The van der Waals surface area contributed by atoms with Gasteiger partial charge in [-0.25, -0.2) is 0 Å². The van der Waals surface area contributed by atoms with Crippen molar-refractivity contribution in [2.45, 2.75) is 13.5 Å². The molecule has 0 aliphatic rings.